The predicted molar refractivity (Wildman–Crippen MR) is 87.2 cm³/mol. The summed E-state index contributed by atoms with van der Waals surface area (Å²) in [6.45, 7) is 3.28. The molecule has 0 saturated carbocycles. The van der Waals surface area contributed by atoms with Crippen molar-refractivity contribution in [3.8, 4) is 11.5 Å². The fraction of sp³-hybridized carbons (Fsp3) is 0.333. The van der Waals surface area contributed by atoms with Gasteiger partial charge in [-0.15, -0.1) is 0 Å². The van der Waals surface area contributed by atoms with Crippen molar-refractivity contribution in [2.45, 2.75) is 19.6 Å². The molecule has 0 radical (unpaired) electrons. The molecule has 0 fully saturated rings. The van der Waals surface area contributed by atoms with Crippen LogP contribution < -0.4 is 14.8 Å². The van der Waals surface area contributed by atoms with Gasteiger partial charge in [0.1, 0.15) is 5.82 Å². The van der Waals surface area contributed by atoms with E-state index in [4.69, 9.17) is 9.47 Å². The van der Waals surface area contributed by atoms with Crippen LogP contribution in [0.2, 0.25) is 0 Å². The minimum absolute atomic E-state index is 0.260. The second-order valence-corrected chi connectivity index (χ2v) is 5.09. The Morgan fingerprint density at radius 2 is 1.96 bits per heavy atom. The molecule has 0 aliphatic carbocycles. The summed E-state index contributed by atoms with van der Waals surface area (Å²) in [4.78, 5) is 0. The van der Waals surface area contributed by atoms with Crippen molar-refractivity contribution in [2.24, 2.45) is 0 Å². The molecule has 4 nitrogen and oxygen atoms in total. The van der Waals surface area contributed by atoms with Crippen LogP contribution in [0.5, 0.6) is 11.5 Å². The van der Waals surface area contributed by atoms with E-state index < -0.39 is 11.9 Å². The summed E-state index contributed by atoms with van der Waals surface area (Å²) >= 11 is 0. The van der Waals surface area contributed by atoms with Crippen molar-refractivity contribution < 1.29 is 19.0 Å². The Morgan fingerprint density at radius 3 is 2.65 bits per heavy atom. The summed E-state index contributed by atoms with van der Waals surface area (Å²) in [6, 6.07) is 11.9. The summed E-state index contributed by atoms with van der Waals surface area (Å²) in [5.74, 6) is 0.968. The highest BCUT2D eigenvalue weighted by Gasteiger charge is 2.12. The Kier molecular flexibility index (Phi) is 6.38. The average Bonchev–Trinajstić information content (AvgIpc) is 2.56. The molecule has 0 amide bonds. The van der Waals surface area contributed by atoms with Crippen LogP contribution in [0.15, 0.2) is 42.5 Å². The molecule has 2 N–H and O–H groups in total. The fourth-order valence-corrected chi connectivity index (χ4v) is 2.31. The molecule has 0 heterocycles. The van der Waals surface area contributed by atoms with Crippen LogP contribution in [-0.4, -0.2) is 25.4 Å². The molecular weight excluding hydrogens is 297 g/mol. The highest BCUT2D eigenvalue weighted by molar-refractivity contribution is 5.42. The molecule has 2 rings (SSSR count). The second kappa shape index (κ2) is 8.50. The van der Waals surface area contributed by atoms with Crippen LogP contribution in [0.3, 0.4) is 0 Å². The van der Waals surface area contributed by atoms with Gasteiger partial charge in [-0.05, 0) is 30.7 Å². The number of benzene rings is 2. The van der Waals surface area contributed by atoms with Crippen LogP contribution in [0.4, 0.5) is 4.39 Å². The molecule has 124 valence electrons. The first-order valence-electron chi connectivity index (χ1n) is 7.58. The summed E-state index contributed by atoms with van der Waals surface area (Å²) in [5, 5.41) is 13.2. The van der Waals surface area contributed by atoms with E-state index in [1.807, 2.05) is 25.1 Å². The van der Waals surface area contributed by atoms with E-state index in [-0.39, 0.29) is 6.54 Å². The third kappa shape index (κ3) is 4.68. The van der Waals surface area contributed by atoms with E-state index in [1.165, 1.54) is 6.07 Å². The van der Waals surface area contributed by atoms with Gasteiger partial charge in [-0.1, -0.05) is 24.3 Å². The van der Waals surface area contributed by atoms with Crippen LogP contribution in [-0.2, 0) is 6.54 Å². The molecule has 0 aliphatic rings. The Balaban J connectivity index is 1.92. The van der Waals surface area contributed by atoms with Gasteiger partial charge in [0.25, 0.3) is 0 Å². The molecule has 0 saturated heterocycles. The number of nitrogens with one attached hydrogen (secondary N) is 1. The lowest BCUT2D eigenvalue weighted by Gasteiger charge is -2.14. The minimum atomic E-state index is -0.888. The van der Waals surface area contributed by atoms with E-state index in [0.29, 0.717) is 30.2 Å². The van der Waals surface area contributed by atoms with Gasteiger partial charge in [0, 0.05) is 18.7 Å². The van der Waals surface area contributed by atoms with E-state index >= 15 is 0 Å². The zero-order valence-corrected chi connectivity index (χ0v) is 13.4. The fourth-order valence-electron chi connectivity index (χ4n) is 2.31. The number of ether oxygens (including phenoxy) is 2. The number of aliphatic hydroxyl groups excluding tert-OH is 1. The summed E-state index contributed by atoms with van der Waals surface area (Å²) in [6.07, 6.45) is -0.888. The highest BCUT2D eigenvalue weighted by atomic mass is 19.1. The van der Waals surface area contributed by atoms with Gasteiger partial charge >= 0.3 is 0 Å². The van der Waals surface area contributed by atoms with Gasteiger partial charge in [0.2, 0.25) is 0 Å². The molecule has 0 spiro atoms. The van der Waals surface area contributed by atoms with Crippen molar-refractivity contribution in [1.82, 2.24) is 5.32 Å². The van der Waals surface area contributed by atoms with E-state index in [2.05, 4.69) is 5.32 Å². The van der Waals surface area contributed by atoms with Gasteiger partial charge in [-0.25, -0.2) is 4.39 Å². The van der Waals surface area contributed by atoms with Crippen molar-refractivity contribution in [1.29, 1.82) is 0 Å². The lowest BCUT2D eigenvalue weighted by atomic mass is 10.1. The number of aliphatic hydroxyl groups is 1. The van der Waals surface area contributed by atoms with Gasteiger partial charge in [0.15, 0.2) is 11.5 Å². The quantitative estimate of drug-likeness (QED) is 0.785. The first-order valence-corrected chi connectivity index (χ1v) is 7.58. The zero-order chi connectivity index (χ0) is 16.7. The average molecular weight is 319 g/mol. The Morgan fingerprint density at radius 1 is 1.17 bits per heavy atom. The van der Waals surface area contributed by atoms with Gasteiger partial charge in [0.05, 0.1) is 19.8 Å². The first kappa shape index (κ1) is 17.2. The molecule has 5 heteroatoms. The minimum Gasteiger partial charge on any atom is -0.493 e. The Labute approximate surface area is 135 Å². The smallest absolute Gasteiger partial charge is 0.161 e. The SMILES string of the molecule is CCOc1ccc(CNCC(O)c2ccccc2F)cc1OC. The lowest BCUT2D eigenvalue weighted by Crippen LogP contribution is -2.21. The molecule has 2 aromatic rings. The molecule has 1 atom stereocenters. The molecule has 2 aromatic carbocycles. The summed E-state index contributed by atoms with van der Waals surface area (Å²) in [7, 11) is 1.59. The zero-order valence-electron chi connectivity index (χ0n) is 13.4. The monoisotopic (exact) mass is 319 g/mol. The lowest BCUT2D eigenvalue weighted by molar-refractivity contribution is 0.169. The van der Waals surface area contributed by atoms with Crippen molar-refractivity contribution >= 4 is 0 Å². The van der Waals surface area contributed by atoms with Gasteiger partial charge in [-0.3, -0.25) is 0 Å². The maximum atomic E-state index is 13.6. The second-order valence-electron chi connectivity index (χ2n) is 5.09. The largest absolute Gasteiger partial charge is 0.493 e. The number of methoxy groups -OCH3 is 1. The van der Waals surface area contributed by atoms with E-state index in [1.54, 1.807) is 25.3 Å². The maximum Gasteiger partial charge on any atom is 0.161 e. The summed E-state index contributed by atoms with van der Waals surface area (Å²) < 4.78 is 24.4. The van der Waals surface area contributed by atoms with E-state index in [9.17, 15) is 9.50 Å². The van der Waals surface area contributed by atoms with Crippen molar-refractivity contribution in [3.05, 3.63) is 59.4 Å². The maximum absolute atomic E-state index is 13.6. The Bertz CT molecular complexity index is 633. The molecule has 0 bridgehead atoms. The third-order valence-corrected chi connectivity index (χ3v) is 3.46. The van der Waals surface area contributed by atoms with Crippen molar-refractivity contribution in [2.75, 3.05) is 20.3 Å². The number of halogens is 1. The molecular formula is C18H22FNO3. The van der Waals surface area contributed by atoms with E-state index in [0.717, 1.165) is 5.56 Å². The number of rotatable bonds is 8. The number of hydrogen-bond acceptors (Lipinski definition) is 4. The predicted octanol–water partition coefficient (Wildman–Crippen LogP) is 3.06. The third-order valence-electron chi connectivity index (χ3n) is 3.46. The summed E-state index contributed by atoms with van der Waals surface area (Å²) in [5.41, 5.74) is 1.29. The molecule has 0 aliphatic heterocycles. The standard InChI is InChI=1S/C18H22FNO3/c1-3-23-17-9-8-13(10-18(17)22-2)11-20-12-16(21)14-6-4-5-7-15(14)19/h4-10,16,20-21H,3,11-12H2,1-2H3. The van der Waals surface area contributed by atoms with Crippen LogP contribution in [0, 0.1) is 5.82 Å². The Hall–Kier alpha value is -2.11. The topological polar surface area (TPSA) is 50.7 Å². The molecule has 23 heavy (non-hydrogen) atoms. The van der Waals surface area contributed by atoms with Crippen LogP contribution in [0.25, 0.3) is 0 Å². The van der Waals surface area contributed by atoms with Gasteiger partial charge in [-0.2, -0.15) is 0 Å². The number of hydrogen-bond donors (Lipinski definition) is 2. The molecule has 0 aromatic heterocycles. The first-order chi connectivity index (χ1) is 11.2. The molecule has 1 unspecified atom stereocenters. The van der Waals surface area contributed by atoms with Crippen LogP contribution in [0.1, 0.15) is 24.2 Å². The normalized spacial score (nSPS) is 12.0. The van der Waals surface area contributed by atoms with Crippen molar-refractivity contribution in [3.63, 3.8) is 0 Å². The van der Waals surface area contributed by atoms with Crippen LogP contribution >= 0.6 is 0 Å². The highest BCUT2D eigenvalue weighted by Crippen LogP contribution is 2.28. The van der Waals surface area contributed by atoms with Gasteiger partial charge < -0.3 is 19.9 Å².